The van der Waals surface area contributed by atoms with Gasteiger partial charge in [-0.05, 0) is 60.4 Å². The highest BCUT2D eigenvalue weighted by molar-refractivity contribution is 9.10. The lowest BCUT2D eigenvalue weighted by Gasteiger charge is -2.22. The van der Waals surface area contributed by atoms with Crippen molar-refractivity contribution >= 4 is 41.9 Å². The Kier molecular flexibility index (Phi) is 8.81. The molecule has 0 atom stereocenters. The van der Waals surface area contributed by atoms with Crippen molar-refractivity contribution in [2.24, 2.45) is 0 Å². The first-order valence-corrected chi connectivity index (χ1v) is 15.5. The lowest BCUT2D eigenvalue weighted by Crippen LogP contribution is -2.40. The number of sulfonamides is 2. The van der Waals surface area contributed by atoms with Gasteiger partial charge in [-0.15, -0.1) is 0 Å². The summed E-state index contributed by atoms with van der Waals surface area (Å²) < 4.78 is 55.6. The Morgan fingerprint density at radius 1 is 0.811 bits per heavy atom. The average Bonchev–Trinajstić information content (AvgIpc) is 3.45. The van der Waals surface area contributed by atoms with Gasteiger partial charge in [0.2, 0.25) is 26.0 Å². The Morgan fingerprint density at radius 3 is 2.03 bits per heavy atom. The predicted octanol–water partition coefficient (Wildman–Crippen LogP) is 3.74. The summed E-state index contributed by atoms with van der Waals surface area (Å²) in [7, 11) is -7.44. The van der Waals surface area contributed by atoms with Crippen molar-refractivity contribution < 1.29 is 21.6 Å². The van der Waals surface area contributed by atoms with Crippen molar-refractivity contribution in [3.63, 3.8) is 0 Å². The summed E-state index contributed by atoms with van der Waals surface area (Å²) in [5.41, 5.74) is 1.45. The molecule has 0 aromatic heterocycles. The largest absolute Gasteiger partial charge is 0.351 e. The van der Waals surface area contributed by atoms with Crippen LogP contribution in [0.25, 0.3) is 0 Å². The lowest BCUT2D eigenvalue weighted by atomic mass is 10.2. The topological polar surface area (TPSA) is 104 Å². The molecule has 4 rings (SSSR count). The standard InChI is InChI=1S/C26H28BrN3O5S2/c27-23-12-8-22(9-13-23)19-30(37(34,35)24-6-2-1-3-7-24)20-26(31)28-18-21-10-14-25(15-11-21)36(32,33)29-16-4-5-17-29/h1-3,6-15H,4-5,16-20H2,(H,28,31). The maximum atomic E-state index is 13.3. The number of nitrogens with one attached hydrogen (secondary N) is 1. The van der Waals surface area contributed by atoms with Crippen LogP contribution in [-0.4, -0.2) is 51.0 Å². The number of halogens is 1. The van der Waals surface area contributed by atoms with Gasteiger partial charge in [0, 0.05) is 30.7 Å². The molecule has 0 unspecified atom stereocenters. The maximum absolute atomic E-state index is 13.3. The van der Waals surface area contributed by atoms with E-state index in [-0.39, 0.29) is 29.4 Å². The van der Waals surface area contributed by atoms with E-state index in [9.17, 15) is 21.6 Å². The van der Waals surface area contributed by atoms with Crippen LogP contribution in [0.2, 0.25) is 0 Å². The average molecular weight is 607 g/mol. The quantitative estimate of drug-likeness (QED) is 0.379. The van der Waals surface area contributed by atoms with Gasteiger partial charge in [0.05, 0.1) is 16.3 Å². The summed E-state index contributed by atoms with van der Waals surface area (Å²) in [4.78, 5) is 13.1. The van der Waals surface area contributed by atoms with Crippen molar-refractivity contribution in [1.82, 2.24) is 13.9 Å². The fourth-order valence-electron chi connectivity index (χ4n) is 4.03. The number of hydrogen-bond donors (Lipinski definition) is 1. The van der Waals surface area contributed by atoms with Gasteiger partial charge in [-0.2, -0.15) is 8.61 Å². The molecule has 1 heterocycles. The Balaban J connectivity index is 1.44. The first-order valence-electron chi connectivity index (χ1n) is 11.8. The van der Waals surface area contributed by atoms with Gasteiger partial charge >= 0.3 is 0 Å². The summed E-state index contributed by atoms with van der Waals surface area (Å²) >= 11 is 3.37. The molecule has 0 saturated carbocycles. The molecule has 11 heteroatoms. The van der Waals surface area contributed by atoms with E-state index >= 15 is 0 Å². The van der Waals surface area contributed by atoms with Crippen LogP contribution in [0, 0.1) is 0 Å². The second-order valence-electron chi connectivity index (χ2n) is 8.74. The van der Waals surface area contributed by atoms with Crippen LogP contribution in [0.5, 0.6) is 0 Å². The molecule has 1 fully saturated rings. The zero-order valence-electron chi connectivity index (χ0n) is 20.1. The van der Waals surface area contributed by atoms with Crippen molar-refractivity contribution in [2.75, 3.05) is 19.6 Å². The van der Waals surface area contributed by atoms with Crippen LogP contribution in [-0.2, 0) is 37.9 Å². The number of benzene rings is 3. The van der Waals surface area contributed by atoms with E-state index in [1.165, 1.54) is 28.6 Å². The van der Waals surface area contributed by atoms with E-state index in [1.807, 2.05) is 12.1 Å². The zero-order valence-corrected chi connectivity index (χ0v) is 23.3. The molecule has 1 aliphatic rings. The fourth-order valence-corrected chi connectivity index (χ4v) is 7.22. The second kappa shape index (κ2) is 11.9. The number of carbonyl (C=O) groups excluding carboxylic acids is 1. The Bertz CT molecular complexity index is 1420. The van der Waals surface area contributed by atoms with Crippen LogP contribution in [0.3, 0.4) is 0 Å². The predicted molar refractivity (Wildman–Crippen MR) is 144 cm³/mol. The van der Waals surface area contributed by atoms with Gasteiger partial charge in [0.15, 0.2) is 0 Å². The van der Waals surface area contributed by atoms with Crippen LogP contribution in [0.4, 0.5) is 0 Å². The van der Waals surface area contributed by atoms with E-state index in [2.05, 4.69) is 21.2 Å². The highest BCUT2D eigenvalue weighted by Crippen LogP contribution is 2.22. The third-order valence-electron chi connectivity index (χ3n) is 6.09. The third-order valence-corrected chi connectivity index (χ3v) is 10.3. The van der Waals surface area contributed by atoms with E-state index < -0.39 is 26.0 Å². The Labute approximate surface area is 226 Å². The van der Waals surface area contributed by atoms with E-state index in [0.717, 1.165) is 27.2 Å². The maximum Gasteiger partial charge on any atom is 0.243 e. The van der Waals surface area contributed by atoms with Gasteiger partial charge in [0.1, 0.15) is 0 Å². The minimum absolute atomic E-state index is 0.0288. The summed E-state index contributed by atoms with van der Waals surface area (Å²) in [5, 5.41) is 2.75. The Morgan fingerprint density at radius 2 is 1.41 bits per heavy atom. The molecule has 37 heavy (non-hydrogen) atoms. The molecule has 3 aromatic carbocycles. The van der Waals surface area contributed by atoms with E-state index in [0.29, 0.717) is 18.7 Å². The number of amides is 1. The van der Waals surface area contributed by atoms with Crippen molar-refractivity contribution in [3.05, 3.63) is 94.5 Å². The normalized spacial score (nSPS) is 14.6. The molecule has 3 aromatic rings. The minimum Gasteiger partial charge on any atom is -0.351 e. The number of rotatable bonds is 10. The van der Waals surface area contributed by atoms with Gasteiger partial charge in [0.25, 0.3) is 0 Å². The number of carbonyl (C=O) groups is 1. The smallest absolute Gasteiger partial charge is 0.243 e. The number of hydrogen-bond acceptors (Lipinski definition) is 5. The summed E-state index contributed by atoms with van der Waals surface area (Å²) in [6, 6.07) is 21.6. The first kappa shape index (κ1) is 27.5. The van der Waals surface area contributed by atoms with Gasteiger partial charge in [-0.1, -0.05) is 58.4 Å². The number of nitrogens with zero attached hydrogens (tertiary/aromatic N) is 2. The first-order chi connectivity index (χ1) is 17.7. The molecule has 1 N–H and O–H groups in total. The van der Waals surface area contributed by atoms with Gasteiger partial charge < -0.3 is 5.32 Å². The zero-order chi connectivity index (χ0) is 26.5. The molecule has 1 aliphatic heterocycles. The van der Waals surface area contributed by atoms with Crippen LogP contribution < -0.4 is 5.32 Å². The SMILES string of the molecule is O=C(CN(Cc1ccc(Br)cc1)S(=O)(=O)c1ccccc1)NCc1ccc(S(=O)(=O)N2CCCC2)cc1. The molecule has 1 saturated heterocycles. The molecular formula is C26H28BrN3O5S2. The highest BCUT2D eigenvalue weighted by Gasteiger charge is 2.28. The summed E-state index contributed by atoms with van der Waals surface area (Å²) in [5.74, 6) is -0.467. The van der Waals surface area contributed by atoms with E-state index in [1.54, 1.807) is 42.5 Å². The van der Waals surface area contributed by atoms with Gasteiger partial charge in [-0.25, -0.2) is 16.8 Å². The minimum atomic E-state index is -3.93. The van der Waals surface area contributed by atoms with Crippen LogP contribution in [0.1, 0.15) is 24.0 Å². The molecule has 0 radical (unpaired) electrons. The summed E-state index contributed by atoms with van der Waals surface area (Å²) in [6.07, 6.45) is 1.73. The molecule has 0 aliphatic carbocycles. The fraction of sp³-hybridized carbons (Fsp3) is 0.269. The molecule has 0 spiro atoms. The van der Waals surface area contributed by atoms with Crippen molar-refractivity contribution in [1.29, 1.82) is 0 Å². The Hall–Kier alpha value is -2.57. The molecule has 1 amide bonds. The third kappa shape index (κ3) is 6.85. The van der Waals surface area contributed by atoms with Crippen LogP contribution >= 0.6 is 15.9 Å². The van der Waals surface area contributed by atoms with Crippen molar-refractivity contribution in [3.8, 4) is 0 Å². The second-order valence-corrected chi connectivity index (χ2v) is 13.5. The lowest BCUT2D eigenvalue weighted by molar-refractivity contribution is -0.121. The molecular weight excluding hydrogens is 578 g/mol. The van der Waals surface area contributed by atoms with Crippen molar-refractivity contribution in [2.45, 2.75) is 35.7 Å². The molecule has 0 bridgehead atoms. The molecule has 196 valence electrons. The monoisotopic (exact) mass is 605 g/mol. The highest BCUT2D eigenvalue weighted by atomic mass is 79.9. The molecule has 8 nitrogen and oxygen atoms in total. The van der Waals surface area contributed by atoms with Crippen LogP contribution in [0.15, 0.2) is 93.1 Å². The van der Waals surface area contributed by atoms with Gasteiger partial charge in [-0.3, -0.25) is 4.79 Å². The summed E-state index contributed by atoms with van der Waals surface area (Å²) in [6.45, 7) is 0.863. The van der Waals surface area contributed by atoms with E-state index in [4.69, 9.17) is 0 Å².